The maximum Gasteiger partial charge on any atom is 0.282 e. The number of benzene rings is 2. The minimum atomic E-state index is -0.350. The average Bonchev–Trinajstić information content (AvgIpc) is 2.56. The Hall–Kier alpha value is -2.53. The number of anilines is 1. The first-order valence-electron chi connectivity index (χ1n) is 7.86. The number of halogens is 1. The number of quaternary nitrogens is 1. The predicted molar refractivity (Wildman–Crippen MR) is 91.5 cm³/mol. The van der Waals surface area contributed by atoms with Gasteiger partial charge in [-0.15, -0.1) is 0 Å². The van der Waals surface area contributed by atoms with Gasteiger partial charge in [0.25, 0.3) is 5.91 Å². The predicted octanol–water partition coefficient (Wildman–Crippen LogP) is 2.07. The van der Waals surface area contributed by atoms with E-state index in [0.717, 1.165) is 4.90 Å². The van der Waals surface area contributed by atoms with E-state index in [1.165, 1.54) is 13.0 Å². The molecule has 0 aliphatic heterocycles. The second-order valence-electron chi connectivity index (χ2n) is 5.96. The molecule has 0 saturated carbocycles. The van der Waals surface area contributed by atoms with Crippen LogP contribution in [0.2, 0.25) is 0 Å². The monoisotopic (exact) mass is 329 g/mol. The molecule has 1 amide bonds. The molecule has 0 spiro atoms. The van der Waals surface area contributed by atoms with Gasteiger partial charge in [0.05, 0.1) is 7.05 Å². The second kappa shape index (κ2) is 7.84. The molecule has 2 N–H and O–H groups in total. The summed E-state index contributed by atoms with van der Waals surface area (Å²) in [4.78, 5) is 24.5. The summed E-state index contributed by atoms with van der Waals surface area (Å²) in [6.07, 6.45) is 0. The van der Waals surface area contributed by atoms with E-state index < -0.39 is 0 Å². The van der Waals surface area contributed by atoms with E-state index in [2.05, 4.69) is 5.32 Å². The van der Waals surface area contributed by atoms with Crippen LogP contribution >= 0.6 is 0 Å². The zero-order chi connectivity index (χ0) is 17.7. The highest BCUT2D eigenvalue weighted by Gasteiger charge is 2.22. The molecule has 2 atom stereocenters. The lowest BCUT2D eigenvalue weighted by atomic mass is 10.1. The first-order chi connectivity index (χ1) is 11.4. The molecule has 0 radical (unpaired) electrons. The third kappa shape index (κ3) is 4.49. The molecule has 24 heavy (non-hydrogen) atoms. The van der Waals surface area contributed by atoms with Crippen molar-refractivity contribution in [1.29, 1.82) is 0 Å². The van der Waals surface area contributed by atoms with Gasteiger partial charge in [-0.3, -0.25) is 9.59 Å². The van der Waals surface area contributed by atoms with Crippen LogP contribution in [-0.2, 0) is 11.3 Å². The fourth-order valence-corrected chi connectivity index (χ4v) is 2.36. The van der Waals surface area contributed by atoms with Crippen LogP contribution < -0.4 is 10.2 Å². The lowest BCUT2D eigenvalue weighted by Crippen LogP contribution is -3.12. The average molecular weight is 329 g/mol. The van der Waals surface area contributed by atoms with Crippen LogP contribution in [-0.4, -0.2) is 24.8 Å². The van der Waals surface area contributed by atoms with Crippen LogP contribution in [0.3, 0.4) is 0 Å². The molecule has 0 bridgehead atoms. The fourth-order valence-electron chi connectivity index (χ4n) is 2.36. The standard InChI is InChI=1S/C19H21FN2O2/c1-13(22(3)12-16-6-4-5-7-18(16)20)19(24)21-17-10-8-15(9-11-17)14(2)23/h4-11,13H,12H2,1-3H3,(H,21,24)/p+1/t13-/m1/s1. The van der Waals surface area contributed by atoms with Crippen LogP contribution in [0, 0.1) is 5.82 Å². The van der Waals surface area contributed by atoms with Gasteiger partial charge < -0.3 is 10.2 Å². The molecule has 2 aromatic carbocycles. The maximum absolute atomic E-state index is 13.7. The van der Waals surface area contributed by atoms with Crippen LogP contribution in [0.4, 0.5) is 10.1 Å². The lowest BCUT2D eigenvalue weighted by molar-refractivity contribution is -0.908. The lowest BCUT2D eigenvalue weighted by Gasteiger charge is -2.21. The van der Waals surface area contributed by atoms with Gasteiger partial charge in [0.15, 0.2) is 11.8 Å². The Bertz CT molecular complexity index is 728. The van der Waals surface area contributed by atoms with Crippen molar-refractivity contribution < 1.29 is 18.9 Å². The molecular weight excluding hydrogens is 307 g/mol. The van der Waals surface area contributed by atoms with E-state index in [1.54, 1.807) is 49.4 Å². The minimum absolute atomic E-state index is 0.0182. The van der Waals surface area contributed by atoms with Crippen LogP contribution in [0.5, 0.6) is 0 Å². The van der Waals surface area contributed by atoms with E-state index >= 15 is 0 Å². The Morgan fingerprint density at radius 3 is 2.33 bits per heavy atom. The second-order valence-corrected chi connectivity index (χ2v) is 5.96. The first-order valence-corrected chi connectivity index (χ1v) is 7.86. The van der Waals surface area contributed by atoms with Gasteiger partial charge in [0, 0.05) is 16.8 Å². The molecule has 1 unspecified atom stereocenters. The van der Waals surface area contributed by atoms with Crippen molar-refractivity contribution in [3.63, 3.8) is 0 Å². The largest absolute Gasteiger partial charge is 0.324 e. The third-order valence-electron chi connectivity index (χ3n) is 4.12. The smallest absolute Gasteiger partial charge is 0.282 e. The molecule has 0 heterocycles. The minimum Gasteiger partial charge on any atom is -0.324 e. The Balaban J connectivity index is 1.98. The van der Waals surface area contributed by atoms with Gasteiger partial charge in [0.2, 0.25) is 0 Å². The van der Waals surface area contributed by atoms with Gasteiger partial charge in [0.1, 0.15) is 12.4 Å². The first kappa shape index (κ1) is 17.8. The number of carbonyl (C=O) groups excluding carboxylic acids is 2. The molecule has 2 rings (SSSR count). The molecule has 126 valence electrons. The molecule has 0 saturated heterocycles. The van der Waals surface area contributed by atoms with E-state index in [-0.39, 0.29) is 23.5 Å². The topological polar surface area (TPSA) is 50.6 Å². The van der Waals surface area contributed by atoms with Crippen molar-refractivity contribution in [2.24, 2.45) is 0 Å². The van der Waals surface area contributed by atoms with Crippen molar-refractivity contribution in [3.8, 4) is 0 Å². The Kier molecular flexibility index (Phi) is 5.82. The number of amides is 1. The van der Waals surface area contributed by atoms with Crippen molar-refractivity contribution in [3.05, 3.63) is 65.5 Å². The SMILES string of the molecule is CC(=O)c1ccc(NC(=O)[C@@H](C)[NH+](C)Cc2ccccc2F)cc1. The number of ketones is 1. The highest BCUT2D eigenvalue weighted by molar-refractivity contribution is 5.96. The zero-order valence-electron chi connectivity index (χ0n) is 14.1. The third-order valence-corrected chi connectivity index (χ3v) is 4.12. The Labute approximate surface area is 141 Å². The summed E-state index contributed by atoms with van der Waals surface area (Å²) in [5.41, 5.74) is 1.82. The van der Waals surface area contributed by atoms with Crippen molar-refractivity contribution in [1.82, 2.24) is 0 Å². The van der Waals surface area contributed by atoms with E-state index in [9.17, 15) is 14.0 Å². The number of Topliss-reactive ketones (excluding diaryl/α,β-unsaturated/α-hetero) is 1. The molecule has 0 aliphatic rings. The summed E-state index contributed by atoms with van der Waals surface area (Å²) in [5.74, 6) is -0.431. The van der Waals surface area contributed by atoms with Crippen molar-refractivity contribution >= 4 is 17.4 Å². The zero-order valence-corrected chi connectivity index (χ0v) is 14.1. The van der Waals surface area contributed by atoms with Gasteiger partial charge in [-0.05, 0) is 44.2 Å². The molecule has 0 fully saturated rings. The summed E-state index contributed by atoms with van der Waals surface area (Å²) in [6.45, 7) is 3.72. The van der Waals surface area contributed by atoms with Gasteiger partial charge >= 0.3 is 0 Å². The molecular formula is C19H22FN2O2+. The number of likely N-dealkylation sites (N-methyl/N-ethyl adjacent to an activating group) is 1. The summed E-state index contributed by atoms with van der Waals surface area (Å²) in [6, 6.07) is 13.0. The van der Waals surface area contributed by atoms with Crippen LogP contribution in [0.1, 0.15) is 29.8 Å². The molecule has 0 aliphatic carbocycles. The molecule has 4 nitrogen and oxygen atoms in total. The van der Waals surface area contributed by atoms with E-state index in [0.29, 0.717) is 23.4 Å². The summed E-state index contributed by atoms with van der Waals surface area (Å²) in [7, 11) is 1.86. The summed E-state index contributed by atoms with van der Waals surface area (Å²) in [5, 5.41) is 2.82. The molecule has 2 aromatic rings. The molecule has 5 heteroatoms. The van der Waals surface area contributed by atoms with E-state index in [1.807, 2.05) is 7.05 Å². The normalized spacial score (nSPS) is 13.2. The number of rotatable bonds is 6. The van der Waals surface area contributed by atoms with Crippen LogP contribution in [0.15, 0.2) is 48.5 Å². The Morgan fingerprint density at radius 2 is 1.75 bits per heavy atom. The molecule has 0 aromatic heterocycles. The number of hydrogen-bond acceptors (Lipinski definition) is 2. The highest BCUT2D eigenvalue weighted by Crippen LogP contribution is 2.10. The number of nitrogens with one attached hydrogen (secondary N) is 2. The fraction of sp³-hybridized carbons (Fsp3) is 0.263. The summed E-state index contributed by atoms with van der Waals surface area (Å²) < 4.78 is 13.7. The highest BCUT2D eigenvalue weighted by atomic mass is 19.1. The Morgan fingerprint density at radius 1 is 1.12 bits per heavy atom. The van der Waals surface area contributed by atoms with Gasteiger partial charge in [-0.1, -0.05) is 18.2 Å². The van der Waals surface area contributed by atoms with Crippen molar-refractivity contribution in [2.45, 2.75) is 26.4 Å². The van der Waals surface area contributed by atoms with Gasteiger partial charge in [-0.2, -0.15) is 0 Å². The summed E-state index contributed by atoms with van der Waals surface area (Å²) >= 11 is 0. The number of hydrogen-bond donors (Lipinski definition) is 2. The van der Waals surface area contributed by atoms with Crippen LogP contribution in [0.25, 0.3) is 0 Å². The van der Waals surface area contributed by atoms with E-state index in [4.69, 9.17) is 0 Å². The van der Waals surface area contributed by atoms with Crippen molar-refractivity contribution in [2.75, 3.05) is 12.4 Å². The van der Waals surface area contributed by atoms with Gasteiger partial charge in [-0.25, -0.2) is 4.39 Å². The quantitative estimate of drug-likeness (QED) is 0.797. The number of carbonyl (C=O) groups is 2. The maximum atomic E-state index is 13.7.